The number of H-pyrrole nitrogens is 1. The van der Waals surface area contributed by atoms with Crippen molar-refractivity contribution >= 4 is 53.6 Å². The molecule has 0 aliphatic carbocycles. The van der Waals surface area contributed by atoms with Crippen molar-refractivity contribution < 1.29 is 18.7 Å². The zero-order chi connectivity index (χ0) is 24.9. The van der Waals surface area contributed by atoms with Crippen molar-refractivity contribution in [2.45, 2.75) is 27.3 Å². The van der Waals surface area contributed by atoms with Crippen LogP contribution in [0.2, 0.25) is 0 Å². The van der Waals surface area contributed by atoms with Crippen LogP contribution in [-0.4, -0.2) is 41.8 Å². The van der Waals surface area contributed by atoms with Crippen molar-refractivity contribution in [2.75, 3.05) is 11.9 Å². The van der Waals surface area contributed by atoms with Crippen LogP contribution in [0, 0.1) is 26.6 Å². The summed E-state index contributed by atoms with van der Waals surface area (Å²) in [7, 11) is 0. The Morgan fingerprint density at radius 2 is 1.94 bits per heavy atom. The number of aryl methyl sites for hydroxylation is 2. The summed E-state index contributed by atoms with van der Waals surface area (Å²) in [6.45, 7) is 5.86. The van der Waals surface area contributed by atoms with Crippen molar-refractivity contribution in [2.24, 2.45) is 0 Å². The first kappa shape index (κ1) is 23.1. The number of hydrogen-bond acceptors (Lipinski definition) is 4. The summed E-state index contributed by atoms with van der Waals surface area (Å²) in [4.78, 5) is 41.1. The molecular formula is C26H22FN3O4Se. The minimum absolute atomic E-state index is 0.0331. The number of benzene rings is 2. The summed E-state index contributed by atoms with van der Waals surface area (Å²) in [5.74, 6) is -1.28. The molecule has 1 aliphatic rings. The van der Waals surface area contributed by atoms with Crippen LogP contribution in [0.15, 0.2) is 41.2 Å². The Kier molecular flexibility index (Phi) is 5.82. The maximum absolute atomic E-state index is 13.7. The third-order valence-electron chi connectivity index (χ3n) is 6.06. The first-order valence-corrected chi connectivity index (χ1v) is 12.6. The van der Waals surface area contributed by atoms with E-state index in [1.165, 1.54) is 18.2 Å². The van der Waals surface area contributed by atoms with Crippen LogP contribution in [0.4, 0.5) is 10.1 Å². The number of carbonyl (C=O) groups is 2. The van der Waals surface area contributed by atoms with Gasteiger partial charge in [-0.3, -0.25) is 0 Å². The number of anilines is 1. The van der Waals surface area contributed by atoms with Crippen molar-refractivity contribution in [3.63, 3.8) is 0 Å². The van der Waals surface area contributed by atoms with Gasteiger partial charge in [0.25, 0.3) is 0 Å². The Labute approximate surface area is 206 Å². The summed E-state index contributed by atoms with van der Waals surface area (Å²) >= 11 is -0.136. The molecule has 0 atom stereocenters. The van der Waals surface area contributed by atoms with Crippen LogP contribution in [0.1, 0.15) is 38.4 Å². The first-order chi connectivity index (χ1) is 16.7. The summed E-state index contributed by atoms with van der Waals surface area (Å²) < 4.78 is 22.0. The number of ether oxygens (including phenoxy) is 1. The number of rotatable bonds is 5. The first-order valence-electron chi connectivity index (χ1n) is 11.0. The van der Waals surface area contributed by atoms with E-state index in [0.717, 1.165) is 15.2 Å². The molecule has 0 unspecified atom stereocenters. The summed E-state index contributed by atoms with van der Waals surface area (Å²) in [5.41, 5.74) is 4.50. The van der Waals surface area contributed by atoms with Gasteiger partial charge in [-0.15, -0.1) is 0 Å². The number of nitrogens with one attached hydrogen (secondary N) is 2. The molecule has 0 spiro atoms. The average Bonchev–Trinajstić information content (AvgIpc) is 3.39. The SMILES string of the molecule is Cc1ccc2[se]n(CCOC(=O)c3c(C)[nH]c(/C=C4\C(=O)Nc5ccc(F)cc54)c3C)c(=O)c2c1. The molecule has 178 valence electrons. The van der Waals surface area contributed by atoms with Crippen molar-refractivity contribution in [3.05, 3.63) is 86.2 Å². The van der Waals surface area contributed by atoms with Crippen LogP contribution in [0.3, 0.4) is 0 Å². The Balaban J connectivity index is 1.34. The summed E-state index contributed by atoms with van der Waals surface area (Å²) in [5, 5.41) is 3.44. The number of hydrogen-bond donors (Lipinski definition) is 2. The number of esters is 1. The van der Waals surface area contributed by atoms with Gasteiger partial charge < -0.3 is 0 Å². The van der Waals surface area contributed by atoms with Gasteiger partial charge in [0.2, 0.25) is 0 Å². The predicted molar refractivity (Wildman–Crippen MR) is 133 cm³/mol. The summed E-state index contributed by atoms with van der Waals surface area (Å²) in [6, 6.07) is 9.98. The van der Waals surface area contributed by atoms with Crippen LogP contribution in [0.5, 0.6) is 0 Å². The van der Waals surface area contributed by atoms with Gasteiger partial charge >= 0.3 is 184 Å². The van der Waals surface area contributed by atoms with Gasteiger partial charge in [-0.1, -0.05) is 0 Å². The molecule has 3 heterocycles. The topological polar surface area (TPSA) is 93.2 Å². The van der Waals surface area contributed by atoms with Crippen molar-refractivity contribution in [1.29, 1.82) is 0 Å². The van der Waals surface area contributed by atoms with E-state index in [9.17, 15) is 18.8 Å². The molecule has 0 saturated heterocycles. The zero-order valence-electron chi connectivity index (χ0n) is 19.3. The fourth-order valence-corrected chi connectivity index (χ4v) is 6.31. The maximum atomic E-state index is 13.7. The van der Waals surface area contributed by atoms with Crippen molar-refractivity contribution in [3.8, 4) is 0 Å². The number of amides is 1. The molecule has 2 aromatic carbocycles. The quantitative estimate of drug-likeness (QED) is 0.230. The summed E-state index contributed by atoms with van der Waals surface area (Å²) in [6.07, 6.45) is 1.62. The number of carbonyl (C=O) groups excluding carboxylic acids is 2. The third-order valence-corrected chi connectivity index (χ3v) is 8.41. The van der Waals surface area contributed by atoms with Gasteiger partial charge in [-0.25, -0.2) is 4.39 Å². The Morgan fingerprint density at radius 1 is 1.14 bits per heavy atom. The Bertz CT molecular complexity index is 1610. The molecule has 9 heteroatoms. The molecule has 0 saturated carbocycles. The van der Waals surface area contributed by atoms with E-state index in [1.54, 1.807) is 23.5 Å². The standard InChI is InChI=1S/C26H22FN3O4Se/c1-13-4-7-22-19(10-13)25(32)30(35-22)8-9-34-26(33)23-14(2)21(28-15(23)3)12-18-17-11-16(27)5-6-20(17)29-24(18)31/h4-7,10-12,28H,8-9H2,1-3H3,(H,29,31)/b18-12-. The number of fused-ring (bicyclic) bond motifs is 2. The van der Waals surface area contributed by atoms with E-state index in [1.807, 2.05) is 25.1 Å². The second-order valence-electron chi connectivity index (χ2n) is 8.50. The molecule has 35 heavy (non-hydrogen) atoms. The van der Waals surface area contributed by atoms with E-state index < -0.39 is 11.8 Å². The van der Waals surface area contributed by atoms with Crippen LogP contribution >= 0.6 is 0 Å². The van der Waals surface area contributed by atoms with Gasteiger partial charge in [0.1, 0.15) is 5.82 Å². The van der Waals surface area contributed by atoms with E-state index in [4.69, 9.17) is 4.74 Å². The molecule has 2 N–H and O–H groups in total. The Hall–Kier alpha value is -3.68. The van der Waals surface area contributed by atoms with E-state index >= 15 is 0 Å². The molecule has 1 amide bonds. The normalized spacial score (nSPS) is 13.9. The monoisotopic (exact) mass is 539 g/mol. The van der Waals surface area contributed by atoms with Gasteiger partial charge in [-0.2, -0.15) is 0 Å². The van der Waals surface area contributed by atoms with E-state index in [-0.39, 0.29) is 32.8 Å². The van der Waals surface area contributed by atoms with Gasteiger partial charge in [0.05, 0.1) is 0 Å². The Morgan fingerprint density at radius 3 is 2.74 bits per heavy atom. The number of nitrogens with zero attached hydrogens (tertiary/aromatic N) is 1. The fraction of sp³-hybridized carbons (Fsp3) is 0.192. The molecule has 4 aromatic rings. The van der Waals surface area contributed by atoms with Gasteiger partial charge in [0.15, 0.2) is 0 Å². The van der Waals surface area contributed by atoms with Gasteiger partial charge in [0, 0.05) is 0 Å². The van der Waals surface area contributed by atoms with Crippen LogP contribution < -0.4 is 10.9 Å². The van der Waals surface area contributed by atoms with E-state index in [2.05, 4.69) is 10.3 Å². The molecule has 0 radical (unpaired) electrons. The number of halogens is 1. The van der Waals surface area contributed by atoms with Crippen molar-refractivity contribution in [1.82, 2.24) is 8.55 Å². The predicted octanol–water partition coefficient (Wildman–Crippen LogP) is 3.80. The molecule has 7 nitrogen and oxygen atoms in total. The molecule has 0 bridgehead atoms. The van der Waals surface area contributed by atoms with E-state index in [0.29, 0.717) is 45.9 Å². The van der Waals surface area contributed by atoms with Gasteiger partial charge in [-0.05, 0) is 12.1 Å². The third kappa shape index (κ3) is 4.17. The fourth-order valence-electron chi connectivity index (χ4n) is 4.30. The zero-order valence-corrected chi connectivity index (χ0v) is 21.0. The number of aromatic amines is 1. The molecule has 0 fully saturated rings. The van der Waals surface area contributed by atoms with Crippen LogP contribution in [-0.2, 0) is 16.1 Å². The average molecular weight is 538 g/mol. The minimum atomic E-state index is -0.504. The second-order valence-corrected chi connectivity index (χ2v) is 10.7. The molecule has 2 aromatic heterocycles. The number of aromatic nitrogens is 2. The molecular weight excluding hydrogens is 516 g/mol. The molecule has 1 aliphatic heterocycles. The molecule has 5 rings (SSSR count). The van der Waals surface area contributed by atoms with Crippen LogP contribution in [0.25, 0.3) is 21.3 Å². The second kappa shape index (κ2) is 8.83.